The number of nitrogens with two attached hydrogens (primary N) is 1. The third-order valence-electron chi connectivity index (χ3n) is 3.86. The largest absolute Gasteiger partial charge is 0.624 e. The van der Waals surface area contributed by atoms with Crippen molar-refractivity contribution in [3.8, 4) is 0 Å². The SMILES string of the molecule is Nc1cccc2c1C(=O)[N+]([O-])(C1CCC(=O)NC1=O)C2. The molecule has 0 aliphatic carbocycles. The summed E-state index contributed by atoms with van der Waals surface area (Å²) in [7, 11) is 0. The molecule has 2 atom stereocenters. The Morgan fingerprint density at radius 1 is 1.30 bits per heavy atom. The number of rotatable bonds is 1. The van der Waals surface area contributed by atoms with Crippen LogP contribution in [0.25, 0.3) is 0 Å². The van der Waals surface area contributed by atoms with E-state index in [1.54, 1.807) is 18.2 Å². The van der Waals surface area contributed by atoms with Crippen molar-refractivity contribution in [3.63, 3.8) is 0 Å². The smallest absolute Gasteiger partial charge is 0.349 e. The van der Waals surface area contributed by atoms with Crippen LogP contribution in [-0.4, -0.2) is 28.4 Å². The molecule has 2 aliphatic rings. The second-order valence-electron chi connectivity index (χ2n) is 5.11. The third kappa shape index (κ3) is 1.64. The topological polar surface area (TPSA) is 112 Å². The molecule has 1 saturated heterocycles. The summed E-state index contributed by atoms with van der Waals surface area (Å²) in [5.41, 5.74) is 6.74. The Labute approximate surface area is 114 Å². The lowest BCUT2D eigenvalue weighted by molar-refractivity contribution is -0.825. The summed E-state index contributed by atoms with van der Waals surface area (Å²) in [5, 5.41) is 15.0. The Hall–Kier alpha value is -2.25. The van der Waals surface area contributed by atoms with E-state index in [2.05, 4.69) is 5.32 Å². The van der Waals surface area contributed by atoms with Crippen LogP contribution in [0.15, 0.2) is 18.2 Å². The fourth-order valence-electron chi connectivity index (χ4n) is 2.86. The van der Waals surface area contributed by atoms with Gasteiger partial charge >= 0.3 is 5.91 Å². The number of carbonyl (C=O) groups excluding carboxylic acids is 3. The summed E-state index contributed by atoms with van der Waals surface area (Å²) in [5.74, 6) is -1.80. The molecule has 7 heteroatoms. The van der Waals surface area contributed by atoms with Crippen molar-refractivity contribution in [1.29, 1.82) is 0 Å². The molecule has 0 radical (unpaired) electrons. The van der Waals surface area contributed by atoms with Gasteiger partial charge in [-0.3, -0.25) is 19.6 Å². The fourth-order valence-corrected chi connectivity index (χ4v) is 2.86. The van der Waals surface area contributed by atoms with E-state index < -0.39 is 28.4 Å². The predicted molar refractivity (Wildman–Crippen MR) is 68.7 cm³/mol. The monoisotopic (exact) mass is 275 g/mol. The number of anilines is 1. The summed E-state index contributed by atoms with van der Waals surface area (Å²) < 4.78 is -1.29. The third-order valence-corrected chi connectivity index (χ3v) is 3.86. The zero-order chi connectivity index (χ0) is 14.5. The van der Waals surface area contributed by atoms with Gasteiger partial charge in [-0.2, -0.15) is 0 Å². The molecule has 104 valence electrons. The highest BCUT2D eigenvalue weighted by atomic mass is 16.6. The van der Waals surface area contributed by atoms with Gasteiger partial charge in [0.1, 0.15) is 12.1 Å². The second-order valence-corrected chi connectivity index (χ2v) is 5.11. The van der Waals surface area contributed by atoms with Gasteiger partial charge in [0.25, 0.3) is 5.91 Å². The van der Waals surface area contributed by atoms with Crippen molar-refractivity contribution in [1.82, 2.24) is 5.32 Å². The van der Waals surface area contributed by atoms with E-state index in [1.165, 1.54) is 0 Å². The van der Waals surface area contributed by atoms with E-state index in [-0.39, 0.29) is 30.6 Å². The highest BCUT2D eigenvalue weighted by Crippen LogP contribution is 2.36. The number of benzene rings is 1. The molecule has 1 aromatic carbocycles. The van der Waals surface area contributed by atoms with Crippen LogP contribution in [0.4, 0.5) is 5.69 Å². The highest BCUT2D eigenvalue weighted by Gasteiger charge is 2.49. The number of fused-ring (bicyclic) bond motifs is 1. The normalized spacial score (nSPS) is 29.2. The van der Waals surface area contributed by atoms with E-state index in [9.17, 15) is 19.6 Å². The Bertz CT molecular complexity index is 643. The van der Waals surface area contributed by atoms with Gasteiger partial charge in [0.05, 0.1) is 0 Å². The van der Waals surface area contributed by atoms with Gasteiger partial charge < -0.3 is 10.9 Å². The average Bonchev–Trinajstić information content (AvgIpc) is 2.63. The number of piperidine rings is 1. The Kier molecular flexibility index (Phi) is 2.63. The number of amides is 3. The summed E-state index contributed by atoms with van der Waals surface area (Å²) >= 11 is 0. The first-order chi connectivity index (χ1) is 9.43. The first-order valence-corrected chi connectivity index (χ1v) is 6.28. The second kappa shape index (κ2) is 4.12. The first kappa shape index (κ1) is 12.8. The van der Waals surface area contributed by atoms with Crippen LogP contribution in [0.3, 0.4) is 0 Å². The maximum atomic E-state index is 12.9. The maximum absolute atomic E-state index is 12.9. The van der Waals surface area contributed by atoms with E-state index >= 15 is 0 Å². The minimum atomic E-state index is -1.29. The molecular formula is C13H13N3O4. The number of hydrogen-bond donors (Lipinski definition) is 2. The number of hydrogen-bond acceptors (Lipinski definition) is 5. The number of hydroxylamine groups is 3. The number of imide groups is 1. The quantitative estimate of drug-likeness (QED) is 0.325. The number of nitrogens with zero attached hydrogens (tertiary/aromatic N) is 1. The molecule has 3 amide bonds. The zero-order valence-electron chi connectivity index (χ0n) is 10.6. The lowest BCUT2D eigenvalue weighted by Crippen LogP contribution is -2.60. The molecule has 3 rings (SSSR count). The Morgan fingerprint density at radius 2 is 2.05 bits per heavy atom. The summed E-state index contributed by atoms with van der Waals surface area (Å²) in [4.78, 5) is 35.4. The van der Waals surface area contributed by atoms with Crippen molar-refractivity contribution >= 4 is 23.4 Å². The maximum Gasteiger partial charge on any atom is 0.349 e. The van der Waals surface area contributed by atoms with Gasteiger partial charge in [-0.1, -0.05) is 12.1 Å². The molecule has 1 fully saturated rings. The molecule has 0 aromatic heterocycles. The van der Waals surface area contributed by atoms with E-state index in [1.807, 2.05) is 0 Å². The predicted octanol–water partition coefficient (Wildman–Crippen LogP) is 0.0424. The average molecular weight is 275 g/mol. The van der Waals surface area contributed by atoms with E-state index in [0.29, 0.717) is 5.56 Å². The minimum absolute atomic E-state index is 0.0672. The van der Waals surface area contributed by atoms with Gasteiger partial charge in [-0.15, -0.1) is 0 Å². The Balaban J connectivity index is 2.00. The van der Waals surface area contributed by atoms with Crippen molar-refractivity contribution in [3.05, 3.63) is 34.5 Å². The van der Waals surface area contributed by atoms with Crippen LogP contribution < -0.4 is 11.1 Å². The number of nitrogens with one attached hydrogen (secondary N) is 1. The van der Waals surface area contributed by atoms with Crippen molar-refractivity contribution in [2.75, 3.05) is 5.73 Å². The van der Waals surface area contributed by atoms with Gasteiger partial charge in [-0.25, -0.2) is 4.79 Å². The highest BCUT2D eigenvalue weighted by molar-refractivity contribution is 6.03. The number of quaternary nitrogens is 1. The van der Waals surface area contributed by atoms with Gasteiger partial charge in [0, 0.05) is 24.1 Å². The molecule has 0 spiro atoms. The van der Waals surface area contributed by atoms with Crippen LogP contribution in [0.1, 0.15) is 28.8 Å². The molecule has 2 aliphatic heterocycles. The molecule has 2 unspecified atom stereocenters. The Morgan fingerprint density at radius 3 is 2.70 bits per heavy atom. The molecule has 0 bridgehead atoms. The number of nitrogen functional groups attached to an aromatic ring is 1. The molecule has 7 nitrogen and oxygen atoms in total. The van der Waals surface area contributed by atoms with Gasteiger partial charge in [-0.05, 0) is 6.07 Å². The summed E-state index contributed by atoms with van der Waals surface area (Å²) in [6.07, 6.45) is 0.144. The summed E-state index contributed by atoms with van der Waals surface area (Å²) in [6, 6.07) is 3.79. The molecule has 20 heavy (non-hydrogen) atoms. The summed E-state index contributed by atoms with van der Waals surface area (Å²) in [6.45, 7) is -0.120. The first-order valence-electron chi connectivity index (χ1n) is 6.28. The molecule has 3 N–H and O–H groups in total. The van der Waals surface area contributed by atoms with Crippen LogP contribution >= 0.6 is 0 Å². The zero-order valence-corrected chi connectivity index (χ0v) is 10.6. The van der Waals surface area contributed by atoms with E-state index in [0.717, 1.165) is 0 Å². The van der Waals surface area contributed by atoms with Crippen LogP contribution in [-0.2, 0) is 16.1 Å². The lowest BCUT2D eigenvalue weighted by Gasteiger charge is -2.42. The van der Waals surface area contributed by atoms with Crippen LogP contribution in [0.2, 0.25) is 0 Å². The molecular weight excluding hydrogens is 262 g/mol. The van der Waals surface area contributed by atoms with Gasteiger partial charge in [0.2, 0.25) is 5.91 Å². The fraction of sp³-hybridized carbons (Fsp3) is 0.308. The molecule has 0 saturated carbocycles. The van der Waals surface area contributed by atoms with Crippen LogP contribution in [0, 0.1) is 5.21 Å². The van der Waals surface area contributed by atoms with E-state index in [4.69, 9.17) is 5.73 Å². The lowest BCUT2D eigenvalue weighted by atomic mass is 10.0. The van der Waals surface area contributed by atoms with Crippen LogP contribution in [0.5, 0.6) is 0 Å². The minimum Gasteiger partial charge on any atom is -0.624 e. The standard InChI is InChI=1S/C13H13N3O4/c14-8-3-1-2-7-6-16(20,13(19)11(7)8)9-4-5-10(17)15-12(9)18/h1-3,9H,4-6,14H2,(H,15,17,18). The number of carbonyl (C=O) groups is 3. The van der Waals surface area contributed by atoms with Crippen molar-refractivity contribution in [2.45, 2.75) is 25.4 Å². The van der Waals surface area contributed by atoms with Crippen molar-refractivity contribution in [2.24, 2.45) is 0 Å². The van der Waals surface area contributed by atoms with Gasteiger partial charge in [0.15, 0.2) is 6.04 Å². The molecule has 2 heterocycles. The van der Waals surface area contributed by atoms with Crippen molar-refractivity contribution < 1.29 is 19.0 Å². The molecule has 1 aromatic rings.